The molecule has 0 atom stereocenters. The number of benzene rings is 2. The fourth-order valence-corrected chi connectivity index (χ4v) is 1.87. The molecule has 21 heavy (non-hydrogen) atoms. The number of carbonyl (C=O) groups excluding carboxylic acids is 1. The van der Waals surface area contributed by atoms with Crippen LogP contribution in [0.4, 0.5) is 5.69 Å². The van der Waals surface area contributed by atoms with Gasteiger partial charge in [0.2, 0.25) is 0 Å². The van der Waals surface area contributed by atoms with Gasteiger partial charge in [0.15, 0.2) is 6.73 Å². The molecule has 0 amide bonds. The van der Waals surface area contributed by atoms with Crippen molar-refractivity contribution in [1.29, 1.82) is 0 Å². The van der Waals surface area contributed by atoms with Gasteiger partial charge in [0.1, 0.15) is 12.4 Å². The smallest absolute Gasteiger partial charge is 0.304 e. The summed E-state index contributed by atoms with van der Waals surface area (Å²) in [5.74, 6) is 0.265. The van der Waals surface area contributed by atoms with Crippen molar-refractivity contribution in [2.75, 3.05) is 12.0 Å². The van der Waals surface area contributed by atoms with Crippen LogP contribution in [0.5, 0.6) is 5.75 Å². The largest absolute Gasteiger partial charge is 0.487 e. The highest BCUT2D eigenvalue weighted by Crippen LogP contribution is 2.28. The third kappa shape index (κ3) is 5.00. The molecule has 0 fully saturated rings. The van der Waals surface area contributed by atoms with E-state index in [9.17, 15) is 4.79 Å². The van der Waals surface area contributed by atoms with Gasteiger partial charge in [-0.05, 0) is 17.7 Å². The third-order valence-corrected chi connectivity index (χ3v) is 2.95. The first-order chi connectivity index (χ1) is 10.1. The quantitative estimate of drug-likeness (QED) is 0.650. The number of ether oxygens (including phenoxy) is 2. The molecule has 0 saturated heterocycles. The number of hydrogen-bond donors (Lipinski definition) is 1. The van der Waals surface area contributed by atoms with E-state index in [2.05, 4.69) is 5.32 Å². The molecule has 1 N–H and O–H groups in total. The SMILES string of the molecule is CC(=O)OCNc1ccc(Cl)cc1OCc1ccccc1. The van der Waals surface area contributed by atoms with Crippen LogP contribution in [0.1, 0.15) is 12.5 Å². The van der Waals surface area contributed by atoms with Crippen LogP contribution in [-0.4, -0.2) is 12.7 Å². The lowest BCUT2D eigenvalue weighted by atomic mass is 10.2. The summed E-state index contributed by atoms with van der Waals surface area (Å²) in [5, 5.41) is 3.56. The summed E-state index contributed by atoms with van der Waals surface area (Å²) in [6, 6.07) is 15.1. The molecule has 0 spiro atoms. The number of carbonyl (C=O) groups is 1. The standard InChI is InChI=1S/C16H16ClNO3/c1-12(19)21-11-18-15-8-7-14(17)9-16(15)20-10-13-5-3-2-4-6-13/h2-9,18H,10-11H2,1H3. The Hall–Kier alpha value is -2.20. The van der Waals surface area contributed by atoms with E-state index in [4.69, 9.17) is 21.1 Å². The van der Waals surface area contributed by atoms with E-state index in [-0.39, 0.29) is 12.7 Å². The van der Waals surface area contributed by atoms with Gasteiger partial charge in [-0.1, -0.05) is 41.9 Å². The second kappa shape index (κ2) is 7.55. The maximum Gasteiger partial charge on any atom is 0.304 e. The molecule has 2 rings (SSSR count). The lowest BCUT2D eigenvalue weighted by Gasteiger charge is -2.13. The Balaban J connectivity index is 2.02. The number of rotatable bonds is 6. The van der Waals surface area contributed by atoms with Gasteiger partial charge in [0.25, 0.3) is 0 Å². The maximum absolute atomic E-state index is 10.8. The summed E-state index contributed by atoms with van der Waals surface area (Å²) in [5.41, 5.74) is 1.78. The summed E-state index contributed by atoms with van der Waals surface area (Å²) in [4.78, 5) is 10.8. The van der Waals surface area contributed by atoms with E-state index in [0.717, 1.165) is 11.3 Å². The zero-order chi connectivity index (χ0) is 15.1. The second-order valence-corrected chi connectivity index (χ2v) is 4.81. The molecule has 0 unspecified atom stereocenters. The van der Waals surface area contributed by atoms with Gasteiger partial charge in [-0.3, -0.25) is 4.79 Å². The highest BCUT2D eigenvalue weighted by Gasteiger charge is 2.05. The number of hydrogen-bond acceptors (Lipinski definition) is 4. The molecule has 0 bridgehead atoms. The van der Waals surface area contributed by atoms with Crippen molar-refractivity contribution >= 4 is 23.3 Å². The highest BCUT2D eigenvalue weighted by atomic mass is 35.5. The van der Waals surface area contributed by atoms with E-state index >= 15 is 0 Å². The molecule has 2 aromatic carbocycles. The van der Waals surface area contributed by atoms with Crippen LogP contribution >= 0.6 is 11.6 Å². The second-order valence-electron chi connectivity index (χ2n) is 4.37. The van der Waals surface area contributed by atoms with Crippen LogP contribution in [0.2, 0.25) is 5.02 Å². The lowest BCUT2D eigenvalue weighted by Crippen LogP contribution is -2.10. The normalized spacial score (nSPS) is 10.0. The number of anilines is 1. The third-order valence-electron chi connectivity index (χ3n) is 2.72. The summed E-state index contributed by atoms with van der Waals surface area (Å²) < 4.78 is 10.6. The minimum absolute atomic E-state index is 0.0820. The average Bonchev–Trinajstić information content (AvgIpc) is 2.48. The number of halogens is 1. The van der Waals surface area contributed by atoms with Crippen LogP contribution < -0.4 is 10.1 Å². The molecule has 0 aliphatic carbocycles. The van der Waals surface area contributed by atoms with E-state index in [0.29, 0.717) is 17.4 Å². The molecule has 0 aromatic heterocycles. The van der Waals surface area contributed by atoms with Gasteiger partial charge in [0, 0.05) is 18.0 Å². The van der Waals surface area contributed by atoms with Crippen molar-refractivity contribution in [3.63, 3.8) is 0 Å². The first-order valence-corrected chi connectivity index (χ1v) is 6.86. The molecule has 0 aliphatic heterocycles. The van der Waals surface area contributed by atoms with Gasteiger partial charge < -0.3 is 14.8 Å². The summed E-state index contributed by atoms with van der Waals surface area (Å²) in [7, 11) is 0. The summed E-state index contributed by atoms with van der Waals surface area (Å²) >= 11 is 5.99. The Morgan fingerprint density at radius 3 is 2.67 bits per heavy atom. The van der Waals surface area contributed by atoms with Crippen molar-refractivity contribution in [2.24, 2.45) is 0 Å². The summed E-state index contributed by atoms with van der Waals surface area (Å²) in [6.45, 7) is 1.87. The van der Waals surface area contributed by atoms with Crippen molar-refractivity contribution < 1.29 is 14.3 Å². The van der Waals surface area contributed by atoms with Crippen LogP contribution in [0, 0.1) is 0 Å². The number of nitrogens with one attached hydrogen (secondary N) is 1. The van der Waals surface area contributed by atoms with Crippen LogP contribution in [-0.2, 0) is 16.1 Å². The highest BCUT2D eigenvalue weighted by molar-refractivity contribution is 6.30. The molecule has 5 heteroatoms. The molecular formula is C16H16ClNO3. The molecule has 0 heterocycles. The minimum atomic E-state index is -0.344. The van der Waals surface area contributed by atoms with Gasteiger partial charge in [-0.2, -0.15) is 0 Å². The molecule has 110 valence electrons. The molecule has 0 aliphatic rings. The van der Waals surface area contributed by atoms with E-state index in [1.165, 1.54) is 6.92 Å². The molecular weight excluding hydrogens is 290 g/mol. The lowest BCUT2D eigenvalue weighted by molar-refractivity contribution is -0.140. The van der Waals surface area contributed by atoms with Crippen molar-refractivity contribution in [3.8, 4) is 5.75 Å². The Labute approximate surface area is 128 Å². The predicted molar refractivity (Wildman–Crippen MR) is 82.5 cm³/mol. The predicted octanol–water partition coefficient (Wildman–Crippen LogP) is 3.85. The van der Waals surface area contributed by atoms with Gasteiger partial charge >= 0.3 is 5.97 Å². The van der Waals surface area contributed by atoms with Crippen molar-refractivity contribution in [3.05, 3.63) is 59.1 Å². The number of esters is 1. The molecule has 4 nitrogen and oxygen atoms in total. The topological polar surface area (TPSA) is 47.6 Å². The molecule has 0 radical (unpaired) electrons. The summed E-state index contributed by atoms with van der Waals surface area (Å²) in [6.07, 6.45) is 0. The van der Waals surface area contributed by atoms with Crippen molar-refractivity contribution in [1.82, 2.24) is 0 Å². The van der Waals surface area contributed by atoms with E-state index in [1.54, 1.807) is 18.2 Å². The Morgan fingerprint density at radius 2 is 1.95 bits per heavy atom. The van der Waals surface area contributed by atoms with E-state index in [1.807, 2.05) is 30.3 Å². The van der Waals surface area contributed by atoms with Gasteiger partial charge in [-0.15, -0.1) is 0 Å². The Morgan fingerprint density at radius 1 is 1.19 bits per heavy atom. The van der Waals surface area contributed by atoms with Crippen LogP contribution in [0.25, 0.3) is 0 Å². The maximum atomic E-state index is 10.8. The Kier molecular flexibility index (Phi) is 5.46. The fourth-order valence-electron chi connectivity index (χ4n) is 1.71. The fraction of sp³-hybridized carbons (Fsp3) is 0.188. The molecule has 0 saturated carbocycles. The van der Waals surface area contributed by atoms with Crippen LogP contribution in [0.3, 0.4) is 0 Å². The van der Waals surface area contributed by atoms with Crippen LogP contribution in [0.15, 0.2) is 48.5 Å². The van der Waals surface area contributed by atoms with Gasteiger partial charge in [-0.25, -0.2) is 0 Å². The zero-order valence-corrected chi connectivity index (χ0v) is 12.4. The average molecular weight is 306 g/mol. The van der Waals surface area contributed by atoms with E-state index < -0.39 is 0 Å². The first-order valence-electron chi connectivity index (χ1n) is 6.48. The zero-order valence-electron chi connectivity index (χ0n) is 11.6. The van der Waals surface area contributed by atoms with Crippen molar-refractivity contribution in [2.45, 2.75) is 13.5 Å². The van der Waals surface area contributed by atoms with Gasteiger partial charge in [0.05, 0.1) is 5.69 Å². The monoisotopic (exact) mass is 305 g/mol. The first kappa shape index (κ1) is 15.2. The Bertz CT molecular complexity index is 602. The minimum Gasteiger partial charge on any atom is -0.487 e. The molecule has 2 aromatic rings.